The van der Waals surface area contributed by atoms with Crippen molar-refractivity contribution in [1.29, 1.82) is 0 Å². The summed E-state index contributed by atoms with van der Waals surface area (Å²) in [5, 5.41) is 4.73. The average molecular weight is 356 g/mol. The Morgan fingerprint density at radius 3 is 3.05 bits per heavy atom. The predicted octanol–water partition coefficient (Wildman–Crippen LogP) is 4.54. The van der Waals surface area contributed by atoms with Crippen LogP contribution in [0.25, 0.3) is 0 Å². The molecule has 3 atom stereocenters. The monoisotopic (exact) mass is 355 g/mol. The fraction of sp³-hybridized carbons (Fsp3) is 0.625. The Balaban J connectivity index is 1.71. The summed E-state index contributed by atoms with van der Waals surface area (Å²) in [6.07, 6.45) is 8.68. The van der Waals surface area contributed by atoms with E-state index in [0.29, 0.717) is 12.1 Å². The summed E-state index contributed by atoms with van der Waals surface area (Å²) < 4.78 is 6.91. The van der Waals surface area contributed by atoms with E-state index in [1.807, 2.05) is 11.8 Å². The molecule has 4 heteroatoms. The molecule has 0 saturated heterocycles. The summed E-state index contributed by atoms with van der Waals surface area (Å²) >= 11 is 5.60. The summed E-state index contributed by atoms with van der Waals surface area (Å²) in [4.78, 5) is 0. The van der Waals surface area contributed by atoms with Gasteiger partial charge < -0.3 is 10.1 Å². The van der Waals surface area contributed by atoms with Gasteiger partial charge in [0.25, 0.3) is 0 Å². The number of nitrogens with one attached hydrogen (secondary N) is 1. The van der Waals surface area contributed by atoms with Crippen LogP contribution in [0.3, 0.4) is 0 Å². The molecule has 0 radical (unpaired) electrons. The van der Waals surface area contributed by atoms with Crippen LogP contribution < -0.4 is 10.1 Å². The molecule has 0 spiro atoms. The molecule has 1 aliphatic heterocycles. The summed E-state index contributed by atoms with van der Waals surface area (Å²) in [7, 11) is 0. The van der Waals surface area contributed by atoms with Crippen LogP contribution >= 0.6 is 27.7 Å². The Labute approximate surface area is 134 Å². The molecular weight excluding hydrogens is 334 g/mol. The van der Waals surface area contributed by atoms with Gasteiger partial charge in [-0.05, 0) is 43.7 Å². The third-order valence-corrected chi connectivity index (χ3v) is 6.00. The van der Waals surface area contributed by atoms with E-state index in [4.69, 9.17) is 4.74 Å². The van der Waals surface area contributed by atoms with E-state index < -0.39 is 0 Å². The fourth-order valence-electron chi connectivity index (χ4n) is 3.33. The Morgan fingerprint density at radius 2 is 2.20 bits per heavy atom. The molecular formula is C16H22BrNOS. The molecule has 1 aromatic carbocycles. The molecule has 0 amide bonds. The highest BCUT2D eigenvalue weighted by Crippen LogP contribution is 2.36. The zero-order chi connectivity index (χ0) is 13.9. The van der Waals surface area contributed by atoms with Crippen molar-refractivity contribution < 1.29 is 4.74 Å². The van der Waals surface area contributed by atoms with Gasteiger partial charge in [0.05, 0.1) is 6.61 Å². The highest BCUT2D eigenvalue weighted by Gasteiger charge is 2.27. The van der Waals surface area contributed by atoms with Gasteiger partial charge in [-0.25, -0.2) is 0 Å². The van der Waals surface area contributed by atoms with Crippen LogP contribution in [-0.4, -0.2) is 24.2 Å². The first-order chi connectivity index (χ1) is 9.76. The van der Waals surface area contributed by atoms with Crippen LogP contribution in [0.15, 0.2) is 22.7 Å². The number of benzene rings is 1. The van der Waals surface area contributed by atoms with Gasteiger partial charge in [0.15, 0.2) is 0 Å². The lowest BCUT2D eigenvalue weighted by Crippen LogP contribution is -2.39. The highest BCUT2D eigenvalue weighted by molar-refractivity contribution is 9.10. The van der Waals surface area contributed by atoms with E-state index in [0.717, 1.165) is 28.5 Å². The second-order valence-electron chi connectivity index (χ2n) is 5.76. The van der Waals surface area contributed by atoms with Crippen molar-refractivity contribution >= 4 is 27.7 Å². The van der Waals surface area contributed by atoms with Crippen LogP contribution in [0, 0.1) is 0 Å². The fourth-order valence-corrected chi connectivity index (χ4v) is 4.54. The Kier molecular flexibility index (Phi) is 4.95. The highest BCUT2D eigenvalue weighted by atomic mass is 79.9. The van der Waals surface area contributed by atoms with Crippen LogP contribution in [-0.2, 0) is 0 Å². The van der Waals surface area contributed by atoms with Gasteiger partial charge in [-0.1, -0.05) is 22.4 Å². The summed E-state index contributed by atoms with van der Waals surface area (Å²) in [6, 6.07) is 7.46. The molecule has 1 fully saturated rings. The van der Waals surface area contributed by atoms with Crippen LogP contribution in [0.1, 0.15) is 43.7 Å². The van der Waals surface area contributed by atoms with Gasteiger partial charge in [-0.2, -0.15) is 11.8 Å². The number of thioether (sulfide) groups is 1. The van der Waals surface area contributed by atoms with Gasteiger partial charge in [0, 0.05) is 33.8 Å². The maximum atomic E-state index is 5.78. The number of hydrogen-bond acceptors (Lipinski definition) is 3. The predicted molar refractivity (Wildman–Crippen MR) is 89.7 cm³/mol. The number of fused-ring (bicyclic) bond motifs is 1. The third kappa shape index (κ3) is 3.34. The molecule has 1 aromatic rings. The van der Waals surface area contributed by atoms with Crippen molar-refractivity contribution in [3.63, 3.8) is 0 Å². The third-order valence-electron chi connectivity index (χ3n) is 4.41. The number of halogens is 1. The van der Waals surface area contributed by atoms with Crippen molar-refractivity contribution in [3.8, 4) is 5.75 Å². The standard InChI is InChI=1S/C16H22BrNOS/c1-20-13-4-2-3-12(10-13)18-15-7-8-19-16-6-5-11(17)9-14(15)16/h5-6,9,12-13,15,18H,2-4,7-8,10H2,1H3. The second kappa shape index (κ2) is 6.71. The van der Waals surface area contributed by atoms with Gasteiger partial charge in [-0.3, -0.25) is 0 Å². The minimum Gasteiger partial charge on any atom is -0.493 e. The minimum atomic E-state index is 0.446. The molecule has 1 saturated carbocycles. The number of rotatable bonds is 3. The maximum absolute atomic E-state index is 5.78. The molecule has 1 heterocycles. The normalized spacial score (nSPS) is 29.6. The Morgan fingerprint density at radius 1 is 1.30 bits per heavy atom. The Bertz CT molecular complexity index is 468. The van der Waals surface area contributed by atoms with Crippen molar-refractivity contribution in [2.75, 3.05) is 12.9 Å². The first-order valence-electron chi connectivity index (χ1n) is 7.47. The summed E-state index contributed by atoms with van der Waals surface area (Å²) in [5.41, 5.74) is 1.32. The van der Waals surface area contributed by atoms with Crippen LogP contribution in [0.4, 0.5) is 0 Å². The van der Waals surface area contributed by atoms with Crippen molar-refractivity contribution in [1.82, 2.24) is 5.32 Å². The van der Waals surface area contributed by atoms with Gasteiger partial charge in [0.1, 0.15) is 5.75 Å². The second-order valence-corrected chi connectivity index (χ2v) is 7.81. The topological polar surface area (TPSA) is 21.3 Å². The quantitative estimate of drug-likeness (QED) is 0.859. The van der Waals surface area contributed by atoms with Crippen LogP contribution in [0.5, 0.6) is 5.75 Å². The molecule has 3 rings (SSSR count). The van der Waals surface area contributed by atoms with E-state index >= 15 is 0 Å². The zero-order valence-electron chi connectivity index (χ0n) is 11.9. The lowest BCUT2D eigenvalue weighted by Gasteiger charge is -2.34. The van der Waals surface area contributed by atoms with Crippen LogP contribution in [0.2, 0.25) is 0 Å². The first-order valence-corrected chi connectivity index (χ1v) is 9.55. The Hall–Kier alpha value is -0.190. The molecule has 2 nitrogen and oxygen atoms in total. The lowest BCUT2D eigenvalue weighted by atomic mass is 9.92. The molecule has 110 valence electrons. The zero-order valence-corrected chi connectivity index (χ0v) is 14.3. The molecule has 0 bridgehead atoms. The molecule has 1 aliphatic carbocycles. The number of hydrogen-bond donors (Lipinski definition) is 1. The first kappa shape index (κ1) is 14.7. The van der Waals surface area contributed by atoms with E-state index in [9.17, 15) is 0 Å². The largest absolute Gasteiger partial charge is 0.493 e. The summed E-state index contributed by atoms with van der Waals surface area (Å²) in [6.45, 7) is 0.824. The molecule has 0 aromatic heterocycles. The molecule has 1 N–H and O–H groups in total. The molecule has 2 aliphatic rings. The smallest absolute Gasteiger partial charge is 0.124 e. The van der Waals surface area contributed by atoms with Crippen molar-refractivity contribution in [2.45, 2.75) is 49.4 Å². The van der Waals surface area contributed by atoms with E-state index in [2.05, 4.69) is 45.7 Å². The SMILES string of the molecule is CSC1CCCC(NC2CCOc3ccc(Br)cc32)C1. The minimum absolute atomic E-state index is 0.446. The van der Waals surface area contributed by atoms with Crippen molar-refractivity contribution in [2.24, 2.45) is 0 Å². The number of ether oxygens (including phenoxy) is 1. The van der Waals surface area contributed by atoms with E-state index in [-0.39, 0.29) is 0 Å². The van der Waals surface area contributed by atoms with E-state index in [1.54, 1.807) is 0 Å². The summed E-state index contributed by atoms with van der Waals surface area (Å²) in [5.74, 6) is 1.05. The molecule has 20 heavy (non-hydrogen) atoms. The van der Waals surface area contributed by atoms with Gasteiger partial charge in [-0.15, -0.1) is 0 Å². The van der Waals surface area contributed by atoms with Gasteiger partial charge >= 0.3 is 0 Å². The van der Waals surface area contributed by atoms with Crippen molar-refractivity contribution in [3.05, 3.63) is 28.2 Å². The maximum Gasteiger partial charge on any atom is 0.124 e. The average Bonchev–Trinajstić information content (AvgIpc) is 2.48. The van der Waals surface area contributed by atoms with Gasteiger partial charge in [0.2, 0.25) is 0 Å². The van der Waals surface area contributed by atoms with E-state index in [1.165, 1.54) is 31.2 Å². The lowest BCUT2D eigenvalue weighted by molar-refractivity contribution is 0.233. The molecule has 3 unspecified atom stereocenters.